The van der Waals surface area contributed by atoms with Gasteiger partial charge in [0.2, 0.25) is 5.91 Å². The van der Waals surface area contributed by atoms with E-state index in [9.17, 15) is 22.8 Å². The van der Waals surface area contributed by atoms with Gasteiger partial charge in [0.25, 0.3) is 0 Å². The third-order valence-corrected chi connectivity index (χ3v) is 4.54. The average molecular weight is 398 g/mol. The number of nitrogens with zero attached hydrogens (tertiary/aromatic N) is 1. The van der Waals surface area contributed by atoms with E-state index in [0.717, 1.165) is 0 Å². The fourth-order valence-corrected chi connectivity index (χ4v) is 3.00. The molecule has 2 aromatic rings. The van der Waals surface area contributed by atoms with Gasteiger partial charge < -0.3 is 15.4 Å². The highest BCUT2D eigenvalue weighted by Gasteiger charge is 2.69. The van der Waals surface area contributed by atoms with Crippen LogP contribution in [0.1, 0.15) is 33.6 Å². The maximum absolute atomic E-state index is 13.6. The molecule has 0 radical (unpaired) electrons. The molecule has 3 rings (SSSR count). The first kappa shape index (κ1) is 20.0. The van der Waals surface area contributed by atoms with Crippen LogP contribution in [0.25, 0.3) is 10.9 Å². The number of benzene rings is 1. The summed E-state index contributed by atoms with van der Waals surface area (Å²) in [5.41, 5.74) is -2.62. The number of para-hydroxylation sites is 1. The van der Waals surface area contributed by atoms with E-state index in [-0.39, 0.29) is 18.7 Å². The fraction of sp³-hybridized carbons (Fsp3) is 0.500. The minimum absolute atomic E-state index is 0.0922. The second-order valence-corrected chi connectivity index (χ2v) is 7.84. The summed E-state index contributed by atoms with van der Waals surface area (Å²) in [4.78, 5) is 24.8. The van der Waals surface area contributed by atoms with E-state index in [0.29, 0.717) is 10.9 Å². The van der Waals surface area contributed by atoms with E-state index in [1.807, 2.05) is 0 Å². The molecule has 28 heavy (non-hydrogen) atoms. The molecule has 3 N–H and O–H groups in total. The summed E-state index contributed by atoms with van der Waals surface area (Å²) in [6.07, 6.45) is -6.26. The van der Waals surface area contributed by atoms with Crippen molar-refractivity contribution in [1.82, 2.24) is 15.5 Å². The minimum Gasteiger partial charge on any atom is -0.444 e. The smallest absolute Gasteiger partial charge is 0.408 e. The van der Waals surface area contributed by atoms with Crippen molar-refractivity contribution in [2.24, 2.45) is 5.41 Å². The predicted molar refractivity (Wildman–Crippen MR) is 95.6 cm³/mol. The zero-order valence-corrected chi connectivity index (χ0v) is 15.6. The number of alkyl halides is 3. The topological polar surface area (TPSA) is 96.1 Å². The van der Waals surface area contributed by atoms with Gasteiger partial charge in [0.1, 0.15) is 11.6 Å². The molecule has 152 valence electrons. The summed E-state index contributed by atoms with van der Waals surface area (Å²) in [6.45, 7) is 4.73. The van der Waals surface area contributed by atoms with E-state index in [1.165, 1.54) is 0 Å². The van der Waals surface area contributed by atoms with Gasteiger partial charge in [0.15, 0.2) is 5.82 Å². The Kier molecular flexibility index (Phi) is 4.76. The third kappa shape index (κ3) is 3.90. The van der Waals surface area contributed by atoms with Crippen LogP contribution in [-0.4, -0.2) is 40.0 Å². The molecule has 1 fully saturated rings. The Labute approximate surface area is 159 Å². The van der Waals surface area contributed by atoms with Gasteiger partial charge in [-0.2, -0.15) is 18.3 Å². The summed E-state index contributed by atoms with van der Waals surface area (Å²) in [6, 6.07) is 5.01. The number of anilines is 1. The lowest BCUT2D eigenvalue weighted by atomic mass is 9.94. The quantitative estimate of drug-likeness (QED) is 0.731. The van der Waals surface area contributed by atoms with E-state index >= 15 is 0 Å². The molecule has 0 bridgehead atoms. The summed E-state index contributed by atoms with van der Waals surface area (Å²) < 4.78 is 45.9. The van der Waals surface area contributed by atoms with Gasteiger partial charge >= 0.3 is 12.3 Å². The van der Waals surface area contributed by atoms with Crippen molar-refractivity contribution in [2.45, 2.75) is 51.4 Å². The van der Waals surface area contributed by atoms with Crippen molar-refractivity contribution in [1.29, 1.82) is 0 Å². The Morgan fingerprint density at radius 1 is 1.21 bits per heavy atom. The van der Waals surface area contributed by atoms with Gasteiger partial charge in [-0.25, -0.2) is 4.79 Å². The summed E-state index contributed by atoms with van der Waals surface area (Å²) >= 11 is 0. The molecule has 1 aromatic heterocycles. The van der Waals surface area contributed by atoms with Crippen LogP contribution in [0, 0.1) is 5.41 Å². The number of H-pyrrole nitrogens is 1. The van der Waals surface area contributed by atoms with Crippen LogP contribution in [0.4, 0.5) is 23.8 Å². The lowest BCUT2D eigenvalue weighted by molar-refractivity contribution is -0.196. The number of nitrogens with one attached hydrogen (secondary N) is 3. The molecule has 10 heteroatoms. The number of ether oxygens (including phenoxy) is 1. The number of aromatic nitrogens is 2. The molecule has 1 unspecified atom stereocenters. The number of amides is 2. The Hall–Kier alpha value is -2.78. The van der Waals surface area contributed by atoms with Crippen molar-refractivity contribution >= 4 is 28.7 Å². The Balaban J connectivity index is 1.86. The van der Waals surface area contributed by atoms with E-state index in [2.05, 4.69) is 20.8 Å². The molecule has 7 nitrogen and oxygen atoms in total. The van der Waals surface area contributed by atoms with Gasteiger partial charge in [-0.1, -0.05) is 12.1 Å². The monoisotopic (exact) mass is 398 g/mol. The largest absolute Gasteiger partial charge is 0.444 e. The second kappa shape index (κ2) is 6.68. The summed E-state index contributed by atoms with van der Waals surface area (Å²) in [5.74, 6) is -0.910. The lowest BCUT2D eigenvalue weighted by Crippen LogP contribution is -2.55. The molecular weight excluding hydrogens is 377 g/mol. The summed E-state index contributed by atoms with van der Waals surface area (Å²) in [5, 5.41) is 11.7. The van der Waals surface area contributed by atoms with Gasteiger partial charge in [-0.3, -0.25) is 9.89 Å². The van der Waals surface area contributed by atoms with Crippen LogP contribution in [0.15, 0.2) is 24.3 Å². The zero-order chi connectivity index (χ0) is 20.7. The highest BCUT2D eigenvalue weighted by molar-refractivity contribution is 6.03. The van der Waals surface area contributed by atoms with Crippen LogP contribution in [-0.2, 0) is 9.53 Å². The Morgan fingerprint density at radius 2 is 1.86 bits per heavy atom. The molecule has 0 spiro atoms. The molecule has 0 aliphatic heterocycles. The number of aromatic amines is 1. The van der Waals surface area contributed by atoms with Gasteiger partial charge in [-0.05, 0) is 45.7 Å². The number of carbonyl (C=O) groups is 2. The first-order valence-electron chi connectivity index (χ1n) is 8.73. The maximum Gasteiger partial charge on any atom is 0.408 e. The maximum atomic E-state index is 13.6. The van der Waals surface area contributed by atoms with Crippen LogP contribution in [0.3, 0.4) is 0 Å². The molecule has 1 aliphatic carbocycles. The molecule has 1 aliphatic rings. The number of alkyl carbamates (subject to hydrolysis) is 1. The van der Waals surface area contributed by atoms with Gasteiger partial charge in [-0.15, -0.1) is 0 Å². The number of rotatable bonds is 4. The molecule has 1 aromatic carbocycles. The number of hydrogen-bond acceptors (Lipinski definition) is 4. The molecule has 1 atom stereocenters. The van der Waals surface area contributed by atoms with E-state index in [1.54, 1.807) is 45.0 Å². The van der Waals surface area contributed by atoms with Crippen molar-refractivity contribution in [3.05, 3.63) is 24.3 Å². The van der Waals surface area contributed by atoms with Crippen LogP contribution < -0.4 is 10.6 Å². The van der Waals surface area contributed by atoms with Crippen LogP contribution >= 0.6 is 0 Å². The van der Waals surface area contributed by atoms with Crippen LogP contribution in [0.5, 0.6) is 0 Å². The third-order valence-electron chi connectivity index (χ3n) is 4.54. The van der Waals surface area contributed by atoms with E-state index in [4.69, 9.17) is 4.74 Å². The highest BCUT2D eigenvalue weighted by Crippen LogP contribution is 2.60. The van der Waals surface area contributed by atoms with Crippen molar-refractivity contribution in [3.8, 4) is 0 Å². The molecule has 1 saturated carbocycles. The number of halogens is 3. The van der Waals surface area contributed by atoms with Crippen molar-refractivity contribution in [2.75, 3.05) is 5.32 Å². The molecular formula is C18H21F3N4O3. The second-order valence-electron chi connectivity index (χ2n) is 7.84. The average Bonchev–Trinajstić information content (AvgIpc) is 3.28. The van der Waals surface area contributed by atoms with Gasteiger partial charge in [0, 0.05) is 5.39 Å². The first-order chi connectivity index (χ1) is 12.9. The van der Waals surface area contributed by atoms with Crippen LogP contribution in [0.2, 0.25) is 0 Å². The number of carbonyl (C=O) groups excluding carboxylic acids is 2. The Morgan fingerprint density at radius 3 is 2.43 bits per heavy atom. The highest BCUT2D eigenvalue weighted by atomic mass is 19.4. The zero-order valence-electron chi connectivity index (χ0n) is 15.6. The lowest BCUT2D eigenvalue weighted by Gasteiger charge is -2.29. The molecule has 1 heterocycles. The standard InChI is InChI=1S/C18H21F3N4O3/c1-16(2,3)28-15(27)22-12(17(8-9-17)18(19,20)21)14(26)23-13-10-6-4-5-7-11(10)24-25-13/h4-7,12H,8-9H2,1-3H3,(H,22,27)(H2,23,24,25,26). The minimum atomic E-state index is -4.66. The normalized spacial score (nSPS) is 17.1. The first-order valence-corrected chi connectivity index (χ1v) is 8.73. The number of fused-ring (bicyclic) bond motifs is 1. The number of hydrogen-bond donors (Lipinski definition) is 3. The van der Waals surface area contributed by atoms with Gasteiger partial charge in [0.05, 0.1) is 10.9 Å². The van der Waals surface area contributed by atoms with E-state index < -0.39 is 35.2 Å². The fourth-order valence-electron chi connectivity index (χ4n) is 3.00. The van der Waals surface area contributed by atoms with Crippen molar-refractivity contribution in [3.63, 3.8) is 0 Å². The molecule has 0 saturated heterocycles. The van der Waals surface area contributed by atoms with Crippen molar-refractivity contribution < 1.29 is 27.5 Å². The summed E-state index contributed by atoms with van der Waals surface area (Å²) in [7, 11) is 0. The SMILES string of the molecule is CC(C)(C)OC(=O)NC(C(=O)Nc1n[nH]c2ccccc12)C1(C(F)(F)F)CC1. The molecule has 2 amide bonds. The predicted octanol–water partition coefficient (Wildman–Crippen LogP) is 3.74. The Bertz CT molecular complexity index is 897.